The lowest BCUT2D eigenvalue weighted by atomic mass is 10.0. The third-order valence-corrected chi connectivity index (χ3v) is 5.26. The summed E-state index contributed by atoms with van der Waals surface area (Å²) in [5, 5.41) is 3.67. The molecule has 1 atom stereocenters. The Morgan fingerprint density at radius 1 is 1.00 bits per heavy atom. The molecular formula is C22H25ClN2O3. The molecule has 1 fully saturated rings. The van der Waals surface area contributed by atoms with Gasteiger partial charge in [0.2, 0.25) is 5.91 Å². The zero-order valence-electron chi connectivity index (χ0n) is 15.8. The lowest BCUT2D eigenvalue weighted by molar-refractivity contribution is -0.121. The summed E-state index contributed by atoms with van der Waals surface area (Å²) in [4.78, 5) is 26.8. The van der Waals surface area contributed by atoms with E-state index in [0.29, 0.717) is 30.3 Å². The molecule has 0 aliphatic carbocycles. The number of nitrogens with one attached hydrogen (secondary N) is 1. The molecule has 1 saturated heterocycles. The maximum Gasteiger partial charge on any atom is 0.220 e. The Balaban J connectivity index is 1.57. The number of hydrogen-bond donors (Lipinski definition) is 1. The second kappa shape index (κ2) is 10.4. The molecule has 0 saturated carbocycles. The van der Waals surface area contributed by atoms with E-state index >= 15 is 0 Å². The molecule has 1 heterocycles. The van der Waals surface area contributed by atoms with Crippen molar-refractivity contribution in [1.29, 1.82) is 0 Å². The molecule has 5 nitrogen and oxygen atoms in total. The van der Waals surface area contributed by atoms with Crippen molar-refractivity contribution in [3.05, 3.63) is 70.7 Å². The van der Waals surface area contributed by atoms with E-state index in [1.54, 1.807) is 12.1 Å². The maximum atomic E-state index is 12.3. The van der Waals surface area contributed by atoms with E-state index in [9.17, 15) is 9.59 Å². The SMILES string of the molecule is O=C(CCC(=O)c1ccccc1)NCC(c1ccccc1Cl)N1CCOCC1. The molecule has 1 aliphatic heterocycles. The Hall–Kier alpha value is -2.21. The smallest absolute Gasteiger partial charge is 0.220 e. The number of ketones is 1. The van der Waals surface area contributed by atoms with Crippen molar-refractivity contribution in [3.8, 4) is 0 Å². The van der Waals surface area contributed by atoms with Crippen molar-refractivity contribution < 1.29 is 14.3 Å². The molecule has 0 aromatic heterocycles. The number of Topliss-reactive ketones (excluding diaryl/α,β-unsaturated/α-hetero) is 1. The molecule has 0 bridgehead atoms. The van der Waals surface area contributed by atoms with Crippen molar-refractivity contribution >= 4 is 23.3 Å². The summed E-state index contributed by atoms with van der Waals surface area (Å²) in [5.41, 5.74) is 1.63. The van der Waals surface area contributed by atoms with E-state index in [4.69, 9.17) is 16.3 Å². The fraction of sp³-hybridized carbons (Fsp3) is 0.364. The van der Waals surface area contributed by atoms with E-state index in [0.717, 1.165) is 18.7 Å². The third kappa shape index (κ3) is 5.64. The van der Waals surface area contributed by atoms with E-state index in [-0.39, 0.29) is 30.6 Å². The molecule has 28 heavy (non-hydrogen) atoms. The van der Waals surface area contributed by atoms with Gasteiger partial charge in [-0.1, -0.05) is 60.1 Å². The van der Waals surface area contributed by atoms with E-state index < -0.39 is 0 Å². The van der Waals surface area contributed by atoms with Gasteiger partial charge in [0.25, 0.3) is 0 Å². The Morgan fingerprint density at radius 2 is 1.68 bits per heavy atom. The van der Waals surface area contributed by atoms with Crippen LogP contribution in [0.4, 0.5) is 0 Å². The normalized spacial score (nSPS) is 15.8. The first kappa shape index (κ1) is 20.5. The topological polar surface area (TPSA) is 58.6 Å². The van der Waals surface area contributed by atoms with E-state index in [1.165, 1.54) is 0 Å². The van der Waals surface area contributed by atoms with Gasteiger partial charge in [0.05, 0.1) is 19.3 Å². The molecule has 2 aromatic carbocycles. The van der Waals surface area contributed by atoms with Crippen molar-refractivity contribution in [2.45, 2.75) is 18.9 Å². The minimum absolute atomic E-state index is 0.0217. The van der Waals surface area contributed by atoms with Gasteiger partial charge >= 0.3 is 0 Å². The Labute approximate surface area is 170 Å². The summed E-state index contributed by atoms with van der Waals surface area (Å²) in [6, 6.07) is 16.7. The number of nitrogens with zero attached hydrogens (tertiary/aromatic N) is 1. The molecule has 2 aromatic rings. The van der Waals surface area contributed by atoms with Crippen LogP contribution in [0, 0.1) is 0 Å². The van der Waals surface area contributed by atoms with Gasteiger partial charge in [-0.25, -0.2) is 0 Å². The summed E-state index contributed by atoms with van der Waals surface area (Å²) in [6.07, 6.45) is 0.371. The van der Waals surface area contributed by atoms with Gasteiger partial charge in [-0.05, 0) is 11.6 Å². The molecular weight excluding hydrogens is 376 g/mol. The highest BCUT2D eigenvalue weighted by molar-refractivity contribution is 6.31. The molecule has 1 amide bonds. The van der Waals surface area contributed by atoms with Gasteiger partial charge < -0.3 is 10.1 Å². The predicted octanol–water partition coefficient (Wildman–Crippen LogP) is 3.49. The summed E-state index contributed by atoms with van der Waals surface area (Å²) < 4.78 is 5.45. The van der Waals surface area contributed by atoms with Crippen molar-refractivity contribution in [2.75, 3.05) is 32.8 Å². The number of carbonyl (C=O) groups excluding carboxylic acids is 2. The monoisotopic (exact) mass is 400 g/mol. The fourth-order valence-electron chi connectivity index (χ4n) is 3.36. The first-order chi connectivity index (χ1) is 13.6. The minimum atomic E-state index is -0.130. The highest BCUT2D eigenvalue weighted by Crippen LogP contribution is 2.27. The third-order valence-electron chi connectivity index (χ3n) is 4.92. The fourth-order valence-corrected chi connectivity index (χ4v) is 3.63. The number of amides is 1. The largest absolute Gasteiger partial charge is 0.379 e. The lowest BCUT2D eigenvalue weighted by Crippen LogP contribution is -2.44. The van der Waals surface area contributed by atoms with Crippen molar-refractivity contribution in [3.63, 3.8) is 0 Å². The van der Waals surface area contributed by atoms with Crippen LogP contribution in [0.2, 0.25) is 5.02 Å². The van der Waals surface area contributed by atoms with Crippen LogP contribution in [0.25, 0.3) is 0 Å². The van der Waals surface area contributed by atoms with E-state index in [1.807, 2.05) is 42.5 Å². The molecule has 0 spiro atoms. The summed E-state index contributed by atoms with van der Waals surface area (Å²) in [7, 11) is 0. The second-order valence-electron chi connectivity index (χ2n) is 6.78. The van der Waals surface area contributed by atoms with Crippen LogP contribution < -0.4 is 5.32 Å². The summed E-state index contributed by atoms with van der Waals surface area (Å²) >= 11 is 6.41. The standard InChI is InChI=1S/C22H25ClN2O3/c23-19-9-5-4-8-18(19)20(25-12-14-28-15-13-25)16-24-22(27)11-10-21(26)17-6-2-1-3-7-17/h1-9,20H,10-16H2,(H,24,27). The number of morpholine rings is 1. The molecule has 0 radical (unpaired) electrons. The lowest BCUT2D eigenvalue weighted by Gasteiger charge is -2.35. The van der Waals surface area contributed by atoms with Gasteiger partial charge in [-0.2, -0.15) is 0 Å². The van der Waals surface area contributed by atoms with Crippen LogP contribution in [-0.2, 0) is 9.53 Å². The number of halogens is 1. The minimum Gasteiger partial charge on any atom is -0.379 e. The molecule has 6 heteroatoms. The predicted molar refractivity (Wildman–Crippen MR) is 110 cm³/mol. The van der Waals surface area contributed by atoms with Gasteiger partial charge in [-0.15, -0.1) is 0 Å². The quantitative estimate of drug-likeness (QED) is 0.689. The Morgan fingerprint density at radius 3 is 2.39 bits per heavy atom. The van der Waals surface area contributed by atoms with Crippen LogP contribution in [0.3, 0.4) is 0 Å². The average Bonchev–Trinajstić information content (AvgIpc) is 2.74. The number of ether oxygens (including phenoxy) is 1. The van der Waals surface area contributed by atoms with E-state index in [2.05, 4.69) is 10.2 Å². The Kier molecular flexibility index (Phi) is 7.60. The first-order valence-corrected chi connectivity index (χ1v) is 9.94. The Bertz CT molecular complexity index is 791. The van der Waals surface area contributed by atoms with Crippen LogP contribution in [-0.4, -0.2) is 49.4 Å². The average molecular weight is 401 g/mol. The maximum absolute atomic E-state index is 12.3. The van der Waals surface area contributed by atoms with Gasteiger partial charge in [0.1, 0.15) is 0 Å². The molecule has 3 rings (SSSR count). The number of carbonyl (C=O) groups is 2. The summed E-state index contributed by atoms with van der Waals surface area (Å²) in [5.74, 6) is -0.152. The number of hydrogen-bond acceptors (Lipinski definition) is 4. The molecule has 1 unspecified atom stereocenters. The van der Waals surface area contributed by atoms with Gasteiger partial charge in [-0.3, -0.25) is 14.5 Å². The molecule has 1 aliphatic rings. The number of rotatable bonds is 8. The van der Waals surface area contributed by atoms with Crippen LogP contribution >= 0.6 is 11.6 Å². The zero-order valence-corrected chi connectivity index (χ0v) is 16.5. The van der Waals surface area contributed by atoms with Crippen LogP contribution in [0.5, 0.6) is 0 Å². The van der Waals surface area contributed by atoms with Gasteiger partial charge in [0, 0.05) is 43.1 Å². The molecule has 1 N–H and O–H groups in total. The summed E-state index contributed by atoms with van der Waals surface area (Å²) in [6.45, 7) is 3.36. The molecule has 148 valence electrons. The zero-order chi connectivity index (χ0) is 19.8. The van der Waals surface area contributed by atoms with Gasteiger partial charge in [0.15, 0.2) is 5.78 Å². The van der Waals surface area contributed by atoms with Crippen LogP contribution in [0.15, 0.2) is 54.6 Å². The van der Waals surface area contributed by atoms with Crippen molar-refractivity contribution in [2.24, 2.45) is 0 Å². The first-order valence-electron chi connectivity index (χ1n) is 9.56. The number of benzene rings is 2. The van der Waals surface area contributed by atoms with Crippen molar-refractivity contribution in [1.82, 2.24) is 10.2 Å². The highest BCUT2D eigenvalue weighted by atomic mass is 35.5. The van der Waals surface area contributed by atoms with Crippen LogP contribution in [0.1, 0.15) is 34.8 Å². The second-order valence-corrected chi connectivity index (χ2v) is 7.19. The highest BCUT2D eigenvalue weighted by Gasteiger charge is 2.24.